The number of pyridine rings is 1. The normalized spacial score (nSPS) is 14.3. The Morgan fingerprint density at radius 2 is 2.07 bits per heavy atom. The average Bonchev–Trinajstić information content (AvgIpc) is 2.26. The second-order valence-corrected chi connectivity index (χ2v) is 4.29. The monoisotopic (exact) mass is 203 g/mol. The first kappa shape index (κ1) is 12.0. The number of allylic oxidation sites excluding steroid dienone is 2. The van der Waals surface area contributed by atoms with Crippen molar-refractivity contribution >= 4 is 0 Å². The lowest BCUT2D eigenvalue weighted by atomic mass is 9.95. The Balaban J connectivity index is 2.81. The third-order valence-corrected chi connectivity index (χ3v) is 2.77. The molecule has 0 N–H and O–H groups in total. The highest BCUT2D eigenvalue weighted by atomic mass is 14.7. The van der Waals surface area contributed by atoms with E-state index in [2.05, 4.69) is 44.8 Å². The molecule has 0 aliphatic heterocycles. The third kappa shape index (κ3) is 3.50. The molecule has 1 unspecified atom stereocenters. The lowest BCUT2D eigenvalue weighted by Gasteiger charge is -2.12. The first-order chi connectivity index (χ1) is 7.15. The summed E-state index contributed by atoms with van der Waals surface area (Å²) >= 11 is 0. The van der Waals surface area contributed by atoms with E-state index in [-0.39, 0.29) is 0 Å². The predicted molar refractivity (Wildman–Crippen MR) is 65.9 cm³/mol. The van der Waals surface area contributed by atoms with Crippen LogP contribution in [0.5, 0.6) is 0 Å². The van der Waals surface area contributed by atoms with Gasteiger partial charge in [0, 0.05) is 17.8 Å². The molecule has 0 saturated heterocycles. The summed E-state index contributed by atoms with van der Waals surface area (Å²) in [7, 11) is 0. The second kappa shape index (κ2) is 5.69. The van der Waals surface area contributed by atoms with E-state index >= 15 is 0 Å². The largest absolute Gasteiger partial charge is 0.261 e. The summed E-state index contributed by atoms with van der Waals surface area (Å²) in [5.74, 6) is 1.06. The number of hydrogen-bond donors (Lipinski definition) is 0. The van der Waals surface area contributed by atoms with Crippen LogP contribution in [-0.2, 0) is 0 Å². The molecule has 1 heterocycles. The zero-order chi connectivity index (χ0) is 11.3. The fraction of sp³-hybridized carbons (Fsp3) is 0.500. The molecule has 15 heavy (non-hydrogen) atoms. The molecule has 0 saturated carbocycles. The molecular formula is C14H21N. The highest BCUT2D eigenvalue weighted by Crippen LogP contribution is 2.21. The van der Waals surface area contributed by atoms with Gasteiger partial charge in [0.05, 0.1) is 0 Å². The highest BCUT2D eigenvalue weighted by Gasteiger charge is 2.06. The standard InChI is InChI=1S/C14H21N/c1-5-13(11(2)3)10-12(4)14-8-6-7-9-15-14/h6-12H,5H2,1-4H3/b13-10+. The molecule has 0 aromatic carbocycles. The maximum absolute atomic E-state index is 4.38. The van der Waals surface area contributed by atoms with Gasteiger partial charge in [0.1, 0.15) is 0 Å². The molecule has 82 valence electrons. The van der Waals surface area contributed by atoms with Crippen LogP contribution < -0.4 is 0 Å². The minimum absolute atomic E-state index is 0.420. The lowest BCUT2D eigenvalue weighted by Crippen LogP contribution is -1.98. The van der Waals surface area contributed by atoms with Crippen molar-refractivity contribution in [3.05, 3.63) is 41.7 Å². The number of nitrogens with zero attached hydrogens (tertiary/aromatic N) is 1. The molecule has 1 aromatic heterocycles. The van der Waals surface area contributed by atoms with E-state index in [4.69, 9.17) is 0 Å². The van der Waals surface area contributed by atoms with Crippen molar-refractivity contribution in [2.75, 3.05) is 0 Å². The lowest BCUT2D eigenvalue weighted by molar-refractivity contribution is 0.715. The quantitative estimate of drug-likeness (QED) is 0.669. The molecular weight excluding hydrogens is 182 g/mol. The van der Waals surface area contributed by atoms with Crippen LogP contribution in [0.4, 0.5) is 0 Å². The van der Waals surface area contributed by atoms with Crippen molar-refractivity contribution in [3.8, 4) is 0 Å². The second-order valence-electron chi connectivity index (χ2n) is 4.29. The summed E-state index contributed by atoms with van der Waals surface area (Å²) in [5, 5.41) is 0. The van der Waals surface area contributed by atoms with Crippen LogP contribution in [0.1, 0.15) is 45.7 Å². The molecule has 0 amide bonds. The van der Waals surface area contributed by atoms with Crippen LogP contribution in [0.25, 0.3) is 0 Å². The van der Waals surface area contributed by atoms with E-state index < -0.39 is 0 Å². The average molecular weight is 203 g/mol. The highest BCUT2D eigenvalue weighted by molar-refractivity contribution is 5.18. The first-order valence-electron chi connectivity index (χ1n) is 5.76. The van der Waals surface area contributed by atoms with Gasteiger partial charge in [0.25, 0.3) is 0 Å². The van der Waals surface area contributed by atoms with Crippen molar-refractivity contribution < 1.29 is 0 Å². The van der Waals surface area contributed by atoms with E-state index in [1.54, 1.807) is 0 Å². The minimum atomic E-state index is 0.420. The van der Waals surface area contributed by atoms with Crippen LogP contribution >= 0.6 is 0 Å². The van der Waals surface area contributed by atoms with Gasteiger partial charge in [-0.05, 0) is 24.5 Å². The van der Waals surface area contributed by atoms with E-state index in [1.807, 2.05) is 18.3 Å². The minimum Gasteiger partial charge on any atom is -0.261 e. The van der Waals surface area contributed by atoms with Gasteiger partial charge in [-0.25, -0.2) is 0 Å². The fourth-order valence-electron chi connectivity index (χ4n) is 1.77. The number of aromatic nitrogens is 1. The summed E-state index contributed by atoms with van der Waals surface area (Å²) in [5.41, 5.74) is 2.68. The Morgan fingerprint density at radius 3 is 2.53 bits per heavy atom. The van der Waals surface area contributed by atoms with E-state index in [0.717, 1.165) is 12.1 Å². The van der Waals surface area contributed by atoms with E-state index in [9.17, 15) is 0 Å². The Hall–Kier alpha value is -1.11. The molecule has 0 spiro atoms. The van der Waals surface area contributed by atoms with Gasteiger partial charge in [0.15, 0.2) is 0 Å². The smallest absolute Gasteiger partial charge is 0.0469 e. The van der Waals surface area contributed by atoms with Gasteiger partial charge in [-0.1, -0.05) is 45.4 Å². The molecule has 0 bridgehead atoms. The Labute approximate surface area is 93.2 Å². The molecule has 1 atom stereocenters. The van der Waals surface area contributed by atoms with Gasteiger partial charge in [-0.3, -0.25) is 4.98 Å². The summed E-state index contributed by atoms with van der Waals surface area (Å²) in [6.45, 7) is 8.93. The maximum atomic E-state index is 4.38. The fourth-order valence-corrected chi connectivity index (χ4v) is 1.77. The van der Waals surface area contributed by atoms with Crippen molar-refractivity contribution in [1.82, 2.24) is 4.98 Å². The molecule has 0 fully saturated rings. The van der Waals surface area contributed by atoms with E-state index in [1.165, 1.54) is 5.57 Å². The molecule has 0 aliphatic carbocycles. The number of rotatable bonds is 4. The van der Waals surface area contributed by atoms with Crippen LogP contribution in [0, 0.1) is 5.92 Å². The molecule has 0 radical (unpaired) electrons. The molecule has 1 rings (SSSR count). The summed E-state index contributed by atoms with van der Waals surface area (Å²) < 4.78 is 0. The van der Waals surface area contributed by atoms with Crippen molar-refractivity contribution in [1.29, 1.82) is 0 Å². The van der Waals surface area contributed by atoms with Gasteiger partial charge < -0.3 is 0 Å². The van der Waals surface area contributed by atoms with Gasteiger partial charge >= 0.3 is 0 Å². The summed E-state index contributed by atoms with van der Waals surface area (Å²) in [6, 6.07) is 6.10. The molecule has 1 nitrogen and oxygen atoms in total. The molecule has 1 heteroatoms. The van der Waals surface area contributed by atoms with Gasteiger partial charge in [-0.15, -0.1) is 0 Å². The van der Waals surface area contributed by atoms with Crippen molar-refractivity contribution in [3.63, 3.8) is 0 Å². The van der Waals surface area contributed by atoms with Gasteiger partial charge in [-0.2, -0.15) is 0 Å². The topological polar surface area (TPSA) is 12.9 Å². The third-order valence-electron chi connectivity index (χ3n) is 2.77. The van der Waals surface area contributed by atoms with E-state index in [0.29, 0.717) is 11.8 Å². The molecule has 0 aliphatic rings. The molecule has 1 aromatic rings. The van der Waals surface area contributed by atoms with Gasteiger partial charge in [0.2, 0.25) is 0 Å². The van der Waals surface area contributed by atoms with Crippen LogP contribution in [0.2, 0.25) is 0 Å². The van der Waals surface area contributed by atoms with Crippen LogP contribution in [-0.4, -0.2) is 4.98 Å². The first-order valence-corrected chi connectivity index (χ1v) is 5.76. The van der Waals surface area contributed by atoms with Crippen molar-refractivity contribution in [2.45, 2.75) is 40.0 Å². The zero-order valence-electron chi connectivity index (χ0n) is 10.2. The van der Waals surface area contributed by atoms with Crippen molar-refractivity contribution in [2.24, 2.45) is 5.92 Å². The SMILES string of the molecule is CC/C(=C\C(C)c1ccccn1)C(C)C. The predicted octanol–water partition coefficient (Wildman–Crippen LogP) is 4.18. The van der Waals surface area contributed by atoms with Crippen LogP contribution in [0.15, 0.2) is 36.0 Å². The van der Waals surface area contributed by atoms with Crippen LogP contribution in [0.3, 0.4) is 0 Å². The number of hydrogen-bond acceptors (Lipinski definition) is 1. The zero-order valence-corrected chi connectivity index (χ0v) is 10.2. The Bertz CT molecular complexity index is 311. The summed E-state index contributed by atoms with van der Waals surface area (Å²) in [4.78, 5) is 4.38. The Morgan fingerprint density at radius 1 is 1.33 bits per heavy atom. The summed E-state index contributed by atoms with van der Waals surface area (Å²) in [6.07, 6.45) is 5.35. The Kier molecular flexibility index (Phi) is 4.54. The maximum Gasteiger partial charge on any atom is 0.0469 e.